The largest absolute Gasteiger partial charge is 0.497 e. The summed E-state index contributed by atoms with van der Waals surface area (Å²) in [5, 5.41) is 16.4. The minimum Gasteiger partial charge on any atom is -0.497 e. The first-order valence-electron chi connectivity index (χ1n) is 7.80. The van der Waals surface area contributed by atoms with Gasteiger partial charge in [-0.1, -0.05) is 16.9 Å². The van der Waals surface area contributed by atoms with Crippen molar-refractivity contribution in [2.75, 3.05) is 14.2 Å². The molecule has 4 rings (SSSR count). The van der Waals surface area contributed by atoms with Gasteiger partial charge in [0.15, 0.2) is 0 Å². The molecular formula is C17H14N4O4S2. The molecule has 0 spiro atoms. The molecule has 0 unspecified atom stereocenters. The van der Waals surface area contributed by atoms with Crippen LogP contribution < -0.4 is 9.47 Å². The van der Waals surface area contributed by atoms with E-state index in [1.165, 1.54) is 11.8 Å². The number of thiophene rings is 1. The van der Waals surface area contributed by atoms with Crippen LogP contribution in [0.25, 0.3) is 22.8 Å². The van der Waals surface area contributed by atoms with Gasteiger partial charge in [0.25, 0.3) is 5.22 Å². The van der Waals surface area contributed by atoms with E-state index < -0.39 is 0 Å². The Morgan fingerprint density at radius 1 is 1.07 bits per heavy atom. The number of aromatic nitrogens is 4. The maximum atomic E-state index is 5.71. The van der Waals surface area contributed by atoms with Crippen molar-refractivity contribution in [2.24, 2.45) is 0 Å². The molecule has 0 aliphatic heterocycles. The number of hydrogen-bond acceptors (Lipinski definition) is 10. The summed E-state index contributed by atoms with van der Waals surface area (Å²) in [7, 11) is 3.17. The van der Waals surface area contributed by atoms with E-state index in [9.17, 15) is 0 Å². The van der Waals surface area contributed by atoms with E-state index >= 15 is 0 Å². The summed E-state index contributed by atoms with van der Waals surface area (Å²) in [6.07, 6.45) is 0. The number of methoxy groups -OCH3 is 2. The van der Waals surface area contributed by atoms with E-state index in [1.807, 2.05) is 16.8 Å². The summed E-state index contributed by atoms with van der Waals surface area (Å²) in [5.41, 5.74) is 1.65. The fraction of sp³-hybridized carbons (Fsp3) is 0.176. The molecule has 138 valence electrons. The molecule has 10 heteroatoms. The van der Waals surface area contributed by atoms with Gasteiger partial charge in [0.1, 0.15) is 11.5 Å². The lowest BCUT2D eigenvalue weighted by atomic mass is 10.2. The normalized spacial score (nSPS) is 10.9. The van der Waals surface area contributed by atoms with E-state index in [0.29, 0.717) is 45.6 Å². The predicted molar refractivity (Wildman–Crippen MR) is 100 cm³/mol. The number of thioether (sulfide) groups is 1. The van der Waals surface area contributed by atoms with Gasteiger partial charge in [0, 0.05) is 22.6 Å². The number of nitrogens with zero attached hydrogens (tertiary/aromatic N) is 4. The van der Waals surface area contributed by atoms with Crippen molar-refractivity contribution in [3.05, 3.63) is 40.9 Å². The standard InChI is InChI=1S/C17H14N4O4S2/c1-22-12-5-11(6-13(7-12)23-2)16-19-20-17(24-16)27-9-14-18-15(21-25-14)10-3-4-26-8-10/h3-8H,9H2,1-2H3. The highest BCUT2D eigenvalue weighted by Gasteiger charge is 2.14. The molecule has 0 saturated carbocycles. The van der Waals surface area contributed by atoms with E-state index in [2.05, 4.69) is 20.3 Å². The molecule has 4 aromatic rings. The second-order valence-electron chi connectivity index (χ2n) is 5.29. The van der Waals surface area contributed by atoms with Gasteiger partial charge in [-0.3, -0.25) is 0 Å². The highest BCUT2D eigenvalue weighted by molar-refractivity contribution is 7.98. The van der Waals surface area contributed by atoms with Crippen molar-refractivity contribution in [2.45, 2.75) is 11.0 Å². The highest BCUT2D eigenvalue weighted by atomic mass is 32.2. The highest BCUT2D eigenvalue weighted by Crippen LogP contribution is 2.31. The monoisotopic (exact) mass is 402 g/mol. The van der Waals surface area contributed by atoms with Crippen molar-refractivity contribution in [1.29, 1.82) is 0 Å². The van der Waals surface area contributed by atoms with Gasteiger partial charge < -0.3 is 18.4 Å². The number of hydrogen-bond donors (Lipinski definition) is 0. The summed E-state index contributed by atoms with van der Waals surface area (Å²) < 4.78 is 21.5. The number of benzene rings is 1. The van der Waals surface area contributed by atoms with Crippen LogP contribution in [0.2, 0.25) is 0 Å². The third kappa shape index (κ3) is 3.96. The number of ether oxygens (including phenoxy) is 2. The molecule has 27 heavy (non-hydrogen) atoms. The minimum absolute atomic E-state index is 0.374. The van der Waals surface area contributed by atoms with Crippen LogP contribution in [0.15, 0.2) is 49.2 Å². The smallest absolute Gasteiger partial charge is 0.277 e. The molecule has 0 radical (unpaired) electrons. The van der Waals surface area contributed by atoms with E-state index in [1.54, 1.807) is 43.8 Å². The third-order valence-electron chi connectivity index (χ3n) is 3.57. The second-order valence-corrected chi connectivity index (χ2v) is 6.99. The van der Waals surface area contributed by atoms with Gasteiger partial charge in [-0.15, -0.1) is 10.2 Å². The Morgan fingerprint density at radius 2 is 1.89 bits per heavy atom. The second kappa shape index (κ2) is 7.80. The average Bonchev–Trinajstić information content (AvgIpc) is 3.46. The zero-order chi connectivity index (χ0) is 18.6. The first kappa shape index (κ1) is 17.6. The molecule has 0 fully saturated rings. The molecule has 0 aliphatic carbocycles. The first-order chi connectivity index (χ1) is 13.2. The Labute approximate surface area is 162 Å². The maximum Gasteiger partial charge on any atom is 0.277 e. The van der Waals surface area contributed by atoms with Gasteiger partial charge in [-0.05, 0) is 23.6 Å². The van der Waals surface area contributed by atoms with Crippen LogP contribution in [0.4, 0.5) is 0 Å². The molecule has 3 heterocycles. The Morgan fingerprint density at radius 3 is 2.59 bits per heavy atom. The van der Waals surface area contributed by atoms with Gasteiger partial charge in [-0.25, -0.2) is 0 Å². The zero-order valence-electron chi connectivity index (χ0n) is 14.4. The minimum atomic E-state index is 0.374. The lowest BCUT2D eigenvalue weighted by Crippen LogP contribution is -1.88. The van der Waals surface area contributed by atoms with Crippen LogP contribution in [0.3, 0.4) is 0 Å². The molecule has 0 bridgehead atoms. The number of rotatable bonds is 7. The lowest BCUT2D eigenvalue weighted by Gasteiger charge is -2.05. The topological polar surface area (TPSA) is 96.3 Å². The molecule has 8 nitrogen and oxygen atoms in total. The van der Waals surface area contributed by atoms with Gasteiger partial charge in [0.2, 0.25) is 17.6 Å². The molecule has 0 saturated heterocycles. The lowest BCUT2D eigenvalue weighted by molar-refractivity contribution is 0.390. The van der Waals surface area contributed by atoms with Crippen LogP contribution in [-0.4, -0.2) is 34.6 Å². The summed E-state index contributed by atoms with van der Waals surface area (Å²) in [4.78, 5) is 4.36. The summed E-state index contributed by atoms with van der Waals surface area (Å²) in [6.45, 7) is 0. The van der Waals surface area contributed by atoms with Crippen LogP contribution in [0.5, 0.6) is 11.5 Å². The Hall–Kier alpha value is -2.85. The molecule has 0 atom stereocenters. The summed E-state index contributed by atoms with van der Waals surface area (Å²) in [6, 6.07) is 7.32. The van der Waals surface area contributed by atoms with Crippen molar-refractivity contribution in [3.63, 3.8) is 0 Å². The average molecular weight is 402 g/mol. The third-order valence-corrected chi connectivity index (χ3v) is 5.06. The van der Waals surface area contributed by atoms with Gasteiger partial charge in [0.05, 0.1) is 20.0 Å². The SMILES string of the molecule is COc1cc(OC)cc(-c2nnc(SCc3nc(-c4ccsc4)no3)o2)c1. The van der Waals surface area contributed by atoms with E-state index in [4.69, 9.17) is 18.4 Å². The summed E-state index contributed by atoms with van der Waals surface area (Å²) in [5.74, 6) is 3.15. The van der Waals surface area contributed by atoms with Crippen molar-refractivity contribution in [1.82, 2.24) is 20.3 Å². The van der Waals surface area contributed by atoms with E-state index in [-0.39, 0.29) is 0 Å². The molecular weight excluding hydrogens is 388 g/mol. The molecule has 1 aromatic carbocycles. The molecule has 0 aliphatic rings. The van der Waals surface area contributed by atoms with E-state index in [0.717, 1.165) is 5.56 Å². The fourth-order valence-electron chi connectivity index (χ4n) is 2.26. The van der Waals surface area contributed by atoms with Crippen molar-refractivity contribution in [3.8, 4) is 34.3 Å². The molecule has 0 N–H and O–H groups in total. The first-order valence-corrected chi connectivity index (χ1v) is 9.73. The quantitative estimate of drug-likeness (QED) is 0.422. The van der Waals surface area contributed by atoms with Gasteiger partial charge >= 0.3 is 0 Å². The van der Waals surface area contributed by atoms with Gasteiger partial charge in [-0.2, -0.15) is 16.3 Å². The maximum absolute atomic E-state index is 5.71. The van der Waals surface area contributed by atoms with Crippen molar-refractivity contribution < 1.29 is 18.4 Å². The van der Waals surface area contributed by atoms with Crippen LogP contribution in [0, 0.1) is 0 Å². The van der Waals surface area contributed by atoms with Crippen LogP contribution in [0.1, 0.15) is 5.89 Å². The fourth-order valence-corrected chi connectivity index (χ4v) is 3.50. The molecule has 3 aromatic heterocycles. The predicted octanol–water partition coefficient (Wildman–Crippen LogP) is 4.16. The Bertz CT molecular complexity index is 1010. The zero-order valence-corrected chi connectivity index (χ0v) is 16.0. The summed E-state index contributed by atoms with van der Waals surface area (Å²) >= 11 is 2.90. The van der Waals surface area contributed by atoms with Crippen molar-refractivity contribution >= 4 is 23.1 Å². The van der Waals surface area contributed by atoms with Crippen LogP contribution in [-0.2, 0) is 5.75 Å². The van der Waals surface area contributed by atoms with Crippen LogP contribution >= 0.6 is 23.1 Å². The Balaban J connectivity index is 1.46. The molecule has 0 amide bonds. The Kier molecular flexibility index (Phi) is 5.07.